The van der Waals surface area contributed by atoms with Crippen molar-refractivity contribution in [2.24, 2.45) is 0 Å². The van der Waals surface area contributed by atoms with E-state index in [1.165, 1.54) is 0 Å². The average Bonchev–Trinajstić information content (AvgIpc) is 2.72. The average molecular weight is 476 g/mol. The van der Waals surface area contributed by atoms with Crippen molar-refractivity contribution in [2.45, 2.75) is 52.1 Å². The summed E-state index contributed by atoms with van der Waals surface area (Å²) in [4.78, 5) is 14.8. The second kappa shape index (κ2) is 10.8. The summed E-state index contributed by atoms with van der Waals surface area (Å²) >= 11 is 0. The van der Waals surface area contributed by atoms with Crippen molar-refractivity contribution in [3.63, 3.8) is 0 Å². The van der Waals surface area contributed by atoms with E-state index in [4.69, 9.17) is 0 Å². The van der Waals surface area contributed by atoms with Crippen molar-refractivity contribution in [3.8, 4) is 0 Å². The van der Waals surface area contributed by atoms with Crippen LogP contribution in [0.25, 0.3) is 0 Å². The van der Waals surface area contributed by atoms with Crippen LogP contribution in [0.3, 0.4) is 0 Å². The molecule has 0 aliphatic heterocycles. The Morgan fingerprint density at radius 1 is 0.848 bits per heavy atom. The molecule has 33 heavy (non-hydrogen) atoms. The Morgan fingerprint density at radius 3 is 1.82 bits per heavy atom. The van der Waals surface area contributed by atoms with Crippen LogP contribution < -0.4 is 4.90 Å². The highest BCUT2D eigenvalue weighted by molar-refractivity contribution is 5.66. The highest BCUT2D eigenvalue weighted by Gasteiger charge is 2.37. The van der Waals surface area contributed by atoms with Gasteiger partial charge in [0, 0.05) is 25.3 Å². The van der Waals surface area contributed by atoms with Gasteiger partial charge >= 0.3 is 18.4 Å². The third-order valence-electron chi connectivity index (χ3n) is 4.97. The molecular formula is C23H26F6N2O2. The van der Waals surface area contributed by atoms with Gasteiger partial charge in [0.25, 0.3) is 0 Å². The van der Waals surface area contributed by atoms with E-state index in [2.05, 4.69) is 4.90 Å². The molecule has 0 fully saturated rings. The molecule has 0 atom stereocenters. The van der Waals surface area contributed by atoms with Crippen LogP contribution in [0.1, 0.15) is 48.9 Å². The van der Waals surface area contributed by atoms with Crippen LogP contribution in [-0.2, 0) is 25.4 Å². The monoisotopic (exact) mass is 476 g/mol. The number of benzene rings is 2. The Balaban J connectivity index is 2.42. The summed E-state index contributed by atoms with van der Waals surface area (Å²) in [7, 11) is 0. The van der Waals surface area contributed by atoms with Gasteiger partial charge in [-0.3, -0.25) is 4.90 Å². The number of hydrogen-bond donors (Lipinski definition) is 1. The predicted octanol–water partition coefficient (Wildman–Crippen LogP) is 7.03. The highest BCUT2D eigenvalue weighted by atomic mass is 19.4. The van der Waals surface area contributed by atoms with Gasteiger partial charge in [-0.2, -0.15) is 26.3 Å². The van der Waals surface area contributed by atoms with Crippen molar-refractivity contribution in [1.82, 2.24) is 4.90 Å². The lowest BCUT2D eigenvalue weighted by molar-refractivity contribution is -0.143. The van der Waals surface area contributed by atoms with Gasteiger partial charge in [0.15, 0.2) is 0 Å². The van der Waals surface area contributed by atoms with E-state index < -0.39 is 41.7 Å². The maximum absolute atomic E-state index is 13.2. The Labute approximate surface area is 188 Å². The van der Waals surface area contributed by atoms with Crippen molar-refractivity contribution in [3.05, 3.63) is 64.7 Å². The summed E-state index contributed by atoms with van der Waals surface area (Å²) in [5.41, 5.74) is -1.95. The van der Waals surface area contributed by atoms with E-state index in [0.717, 1.165) is 36.5 Å². The molecule has 0 saturated carbocycles. The normalized spacial score (nSPS) is 12.0. The summed E-state index contributed by atoms with van der Waals surface area (Å²) in [6.07, 6.45) is -9.76. The zero-order valence-electron chi connectivity index (χ0n) is 18.3. The molecule has 1 N–H and O–H groups in total. The summed E-state index contributed by atoms with van der Waals surface area (Å²) in [6, 6.07) is 8.17. The maximum Gasteiger partial charge on any atom is 0.416 e. The third kappa shape index (κ3) is 7.30. The minimum absolute atomic E-state index is 0.0251. The molecule has 182 valence electrons. The molecule has 0 aromatic heterocycles. The van der Waals surface area contributed by atoms with Crippen molar-refractivity contribution in [1.29, 1.82) is 0 Å². The van der Waals surface area contributed by atoms with Gasteiger partial charge in [-0.1, -0.05) is 32.0 Å². The number of para-hydroxylation sites is 1. The lowest BCUT2D eigenvalue weighted by atomic mass is 10.0. The molecule has 1 amide bonds. The summed E-state index contributed by atoms with van der Waals surface area (Å²) in [6.45, 7) is 4.63. The van der Waals surface area contributed by atoms with E-state index in [9.17, 15) is 36.2 Å². The molecule has 0 heterocycles. The zero-order valence-corrected chi connectivity index (χ0v) is 18.3. The minimum Gasteiger partial charge on any atom is -0.465 e. The molecule has 0 aliphatic carbocycles. The topological polar surface area (TPSA) is 43.8 Å². The number of amides is 1. The fraction of sp³-hybridized carbons (Fsp3) is 0.435. The molecule has 4 nitrogen and oxygen atoms in total. The smallest absolute Gasteiger partial charge is 0.416 e. The van der Waals surface area contributed by atoms with Gasteiger partial charge in [-0.05, 0) is 48.2 Å². The SMILES string of the molecule is CCCN(CCC)c1ccccc1CN(Cc1cc(C(F)(F)F)cc(C(F)(F)F)c1)C(=O)O. The number of halogens is 6. The van der Waals surface area contributed by atoms with Gasteiger partial charge < -0.3 is 10.0 Å². The molecule has 2 aromatic carbocycles. The number of carbonyl (C=O) groups is 1. The second-order valence-corrected chi connectivity index (χ2v) is 7.67. The van der Waals surface area contributed by atoms with Gasteiger partial charge in [0.2, 0.25) is 0 Å². The van der Waals surface area contributed by atoms with E-state index in [1.54, 1.807) is 18.2 Å². The Bertz CT molecular complexity index is 905. The number of anilines is 1. The number of hydrogen-bond acceptors (Lipinski definition) is 2. The standard InChI is InChI=1S/C23H26F6N2O2/c1-3-9-30(10-4-2)20-8-6-5-7-17(20)15-31(21(32)33)14-16-11-18(22(24,25)26)13-19(12-16)23(27,28)29/h5-8,11-13H,3-4,9-10,14-15H2,1-2H3,(H,32,33). The summed E-state index contributed by atoms with van der Waals surface area (Å²) in [5.74, 6) is 0. The van der Waals surface area contributed by atoms with Crippen LogP contribution in [0, 0.1) is 0 Å². The van der Waals surface area contributed by atoms with E-state index in [-0.39, 0.29) is 12.6 Å². The second-order valence-electron chi connectivity index (χ2n) is 7.67. The minimum atomic E-state index is -5.00. The summed E-state index contributed by atoms with van der Waals surface area (Å²) < 4.78 is 79.0. The quantitative estimate of drug-likeness (QED) is 0.395. The first-order chi connectivity index (χ1) is 15.4. The molecule has 0 aliphatic rings. The number of alkyl halides is 6. The van der Waals surface area contributed by atoms with Gasteiger partial charge in [0.05, 0.1) is 17.7 Å². The van der Waals surface area contributed by atoms with Crippen LogP contribution in [-0.4, -0.2) is 29.2 Å². The van der Waals surface area contributed by atoms with Gasteiger partial charge in [-0.25, -0.2) is 4.79 Å². The molecule has 0 bridgehead atoms. The molecule has 0 radical (unpaired) electrons. The zero-order chi connectivity index (χ0) is 24.8. The first-order valence-corrected chi connectivity index (χ1v) is 10.5. The lowest BCUT2D eigenvalue weighted by Gasteiger charge is -2.28. The maximum atomic E-state index is 13.2. The molecule has 2 rings (SSSR count). The Hall–Kier alpha value is -2.91. The van der Waals surface area contributed by atoms with E-state index >= 15 is 0 Å². The largest absolute Gasteiger partial charge is 0.465 e. The van der Waals surface area contributed by atoms with Gasteiger partial charge in [-0.15, -0.1) is 0 Å². The summed E-state index contributed by atoms with van der Waals surface area (Å²) in [5, 5.41) is 9.66. The fourth-order valence-corrected chi connectivity index (χ4v) is 3.57. The Morgan fingerprint density at radius 2 is 1.36 bits per heavy atom. The van der Waals surface area contributed by atoms with Crippen LogP contribution in [0.4, 0.5) is 36.8 Å². The van der Waals surface area contributed by atoms with Crippen LogP contribution in [0.2, 0.25) is 0 Å². The Kier molecular flexibility index (Phi) is 8.63. The van der Waals surface area contributed by atoms with Crippen LogP contribution in [0.5, 0.6) is 0 Å². The molecule has 0 spiro atoms. The number of carboxylic acid groups (broad SMARTS) is 1. The first kappa shape index (κ1) is 26.3. The molecular weight excluding hydrogens is 450 g/mol. The molecule has 2 aromatic rings. The highest BCUT2D eigenvalue weighted by Crippen LogP contribution is 2.36. The van der Waals surface area contributed by atoms with Crippen LogP contribution >= 0.6 is 0 Å². The van der Waals surface area contributed by atoms with Crippen molar-refractivity contribution in [2.75, 3.05) is 18.0 Å². The number of rotatable bonds is 9. The van der Waals surface area contributed by atoms with Crippen LogP contribution in [0.15, 0.2) is 42.5 Å². The molecule has 10 heteroatoms. The van der Waals surface area contributed by atoms with Crippen molar-refractivity contribution >= 4 is 11.8 Å². The van der Waals surface area contributed by atoms with Gasteiger partial charge in [0.1, 0.15) is 0 Å². The lowest BCUT2D eigenvalue weighted by Crippen LogP contribution is -2.31. The van der Waals surface area contributed by atoms with Crippen molar-refractivity contribution < 1.29 is 36.2 Å². The molecule has 0 unspecified atom stereocenters. The fourth-order valence-electron chi connectivity index (χ4n) is 3.57. The third-order valence-corrected chi connectivity index (χ3v) is 4.97. The van der Waals surface area contributed by atoms with E-state index in [0.29, 0.717) is 17.7 Å². The predicted molar refractivity (Wildman–Crippen MR) is 113 cm³/mol. The number of nitrogens with zero attached hydrogens (tertiary/aromatic N) is 2. The first-order valence-electron chi connectivity index (χ1n) is 10.5. The molecule has 0 saturated heterocycles. The van der Waals surface area contributed by atoms with E-state index in [1.807, 2.05) is 19.9 Å².